The maximum absolute atomic E-state index is 12.6. The number of likely N-dealkylation sites (tertiary alicyclic amines) is 1. The molecule has 3 fully saturated rings. The topological polar surface area (TPSA) is 65.4 Å². The first-order valence-electron chi connectivity index (χ1n) is 9.84. The highest BCUT2D eigenvalue weighted by atomic mass is 16.5. The van der Waals surface area contributed by atoms with E-state index in [1.165, 1.54) is 0 Å². The molecule has 0 aromatic rings. The Morgan fingerprint density at radius 1 is 1.36 bits per heavy atom. The van der Waals surface area contributed by atoms with Crippen LogP contribution < -0.4 is 5.32 Å². The molecule has 1 N–H and O–H groups in total. The Morgan fingerprint density at radius 2 is 2.12 bits per heavy atom. The van der Waals surface area contributed by atoms with Crippen molar-refractivity contribution >= 4 is 5.91 Å². The van der Waals surface area contributed by atoms with E-state index in [1.807, 2.05) is 0 Å². The Morgan fingerprint density at radius 3 is 2.76 bits per heavy atom. The molecular formula is C20H33N3O2. The van der Waals surface area contributed by atoms with E-state index >= 15 is 0 Å². The molecule has 2 aliphatic carbocycles. The summed E-state index contributed by atoms with van der Waals surface area (Å²) in [5.41, 5.74) is 0.335. The third kappa shape index (κ3) is 3.71. The summed E-state index contributed by atoms with van der Waals surface area (Å²) in [5.74, 6) is 1.17. The van der Waals surface area contributed by atoms with E-state index in [4.69, 9.17) is 4.74 Å². The standard InChI is InChI=1S/C20H33N3O2/c1-5-25-17-7-15-8-20(4,13-19(15,3)9-17)22-11-18(24)23-12-14(2)6-16(23)10-21/h14-17,22H,5-9,11-13H2,1-4H3/t14-,15-,16-,17-,19+,20-/m0/s1. The fourth-order valence-corrected chi connectivity index (χ4v) is 5.76. The number of hydrogen-bond acceptors (Lipinski definition) is 4. The lowest BCUT2D eigenvalue weighted by molar-refractivity contribution is -0.130. The number of carbonyl (C=O) groups is 1. The van der Waals surface area contributed by atoms with Crippen molar-refractivity contribution in [3.05, 3.63) is 0 Å². The Bertz CT molecular complexity index is 560. The molecule has 1 saturated heterocycles. The summed E-state index contributed by atoms with van der Waals surface area (Å²) in [6.07, 6.45) is 5.71. The number of fused-ring (bicyclic) bond motifs is 1. The van der Waals surface area contributed by atoms with Gasteiger partial charge in [0.1, 0.15) is 6.04 Å². The quantitative estimate of drug-likeness (QED) is 0.830. The van der Waals surface area contributed by atoms with Crippen molar-refractivity contribution in [2.24, 2.45) is 17.3 Å². The molecule has 1 aliphatic heterocycles. The Kier molecular flexibility index (Phi) is 5.14. The highest BCUT2D eigenvalue weighted by molar-refractivity contribution is 5.79. The van der Waals surface area contributed by atoms with E-state index in [0.29, 0.717) is 36.4 Å². The molecule has 1 amide bonds. The van der Waals surface area contributed by atoms with E-state index in [9.17, 15) is 10.1 Å². The van der Waals surface area contributed by atoms with Crippen LogP contribution in [-0.2, 0) is 9.53 Å². The normalized spacial score (nSPS) is 43.2. The van der Waals surface area contributed by atoms with Crippen LogP contribution in [0.3, 0.4) is 0 Å². The second-order valence-corrected chi connectivity index (χ2v) is 9.20. The molecule has 0 bridgehead atoms. The van der Waals surface area contributed by atoms with Crippen molar-refractivity contribution < 1.29 is 9.53 Å². The number of rotatable bonds is 5. The predicted molar refractivity (Wildman–Crippen MR) is 96.8 cm³/mol. The lowest BCUT2D eigenvalue weighted by Gasteiger charge is -2.31. The molecule has 25 heavy (non-hydrogen) atoms. The average molecular weight is 348 g/mol. The zero-order chi connectivity index (χ0) is 18.2. The van der Waals surface area contributed by atoms with Crippen molar-refractivity contribution in [1.29, 1.82) is 5.26 Å². The molecule has 0 unspecified atom stereocenters. The SMILES string of the molecule is CCO[C@H]1C[C@H]2C[C@](C)(NCC(=O)N3C[C@@H](C)C[C@H]3C#N)C[C@@]2(C)C1. The molecule has 2 saturated carbocycles. The highest BCUT2D eigenvalue weighted by Gasteiger charge is 2.54. The zero-order valence-electron chi connectivity index (χ0n) is 16.2. The van der Waals surface area contributed by atoms with Gasteiger partial charge >= 0.3 is 0 Å². The smallest absolute Gasteiger partial charge is 0.237 e. The Hall–Kier alpha value is -1.12. The van der Waals surface area contributed by atoms with Gasteiger partial charge in [-0.15, -0.1) is 0 Å². The van der Waals surface area contributed by atoms with Crippen molar-refractivity contribution in [2.45, 2.75) is 77.5 Å². The van der Waals surface area contributed by atoms with Crippen LogP contribution in [0.1, 0.15) is 59.8 Å². The molecule has 0 aromatic carbocycles. The number of nitrogens with zero attached hydrogens (tertiary/aromatic N) is 2. The van der Waals surface area contributed by atoms with Crippen molar-refractivity contribution in [3.8, 4) is 6.07 Å². The summed E-state index contributed by atoms with van der Waals surface area (Å²) in [6.45, 7) is 10.7. The van der Waals surface area contributed by atoms with Gasteiger partial charge in [-0.1, -0.05) is 13.8 Å². The molecule has 3 aliphatic rings. The van der Waals surface area contributed by atoms with Crippen LogP contribution in [0.5, 0.6) is 0 Å². The van der Waals surface area contributed by atoms with E-state index in [2.05, 4.69) is 39.1 Å². The summed E-state index contributed by atoms with van der Waals surface area (Å²) in [7, 11) is 0. The minimum absolute atomic E-state index is 0.0136. The fraction of sp³-hybridized carbons (Fsp3) is 0.900. The fourth-order valence-electron chi connectivity index (χ4n) is 5.76. The van der Waals surface area contributed by atoms with E-state index in [0.717, 1.165) is 38.7 Å². The molecule has 0 radical (unpaired) electrons. The number of ether oxygens (including phenoxy) is 1. The molecule has 5 nitrogen and oxygen atoms in total. The minimum atomic E-state index is -0.246. The van der Waals surface area contributed by atoms with Gasteiger partial charge in [0, 0.05) is 18.7 Å². The van der Waals surface area contributed by atoms with E-state index < -0.39 is 0 Å². The van der Waals surface area contributed by atoms with Crippen LogP contribution >= 0.6 is 0 Å². The number of carbonyl (C=O) groups excluding carboxylic acids is 1. The maximum atomic E-state index is 12.6. The average Bonchev–Trinajstić information content (AvgIpc) is 3.12. The third-order valence-electron chi connectivity index (χ3n) is 6.77. The highest BCUT2D eigenvalue weighted by Crippen LogP contribution is 2.57. The predicted octanol–water partition coefficient (Wildman–Crippen LogP) is 2.71. The van der Waals surface area contributed by atoms with Gasteiger partial charge in [0.2, 0.25) is 5.91 Å². The van der Waals surface area contributed by atoms with Crippen LogP contribution in [0, 0.1) is 28.6 Å². The molecule has 0 spiro atoms. The summed E-state index contributed by atoms with van der Waals surface area (Å²) in [6, 6.07) is 2.04. The first-order valence-corrected chi connectivity index (χ1v) is 9.84. The largest absolute Gasteiger partial charge is 0.378 e. The lowest BCUT2D eigenvalue weighted by Crippen LogP contribution is -2.48. The van der Waals surface area contributed by atoms with E-state index in [1.54, 1.807) is 4.90 Å². The monoisotopic (exact) mass is 347 g/mol. The number of nitriles is 1. The molecule has 1 heterocycles. The van der Waals surface area contributed by atoms with Crippen LogP contribution in [0.25, 0.3) is 0 Å². The van der Waals surface area contributed by atoms with E-state index in [-0.39, 0.29) is 17.5 Å². The van der Waals surface area contributed by atoms with Gasteiger partial charge in [-0.2, -0.15) is 5.26 Å². The first-order chi connectivity index (χ1) is 11.8. The van der Waals surface area contributed by atoms with Crippen molar-refractivity contribution in [1.82, 2.24) is 10.2 Å². The van der Waals surface area contributed by atoms with Gasteiger partial charge in [0.05, 0.1) is 18.7 Å². The maximum Gasteiger partial charge on any atom is 0.237 e. The number of nitrogens with one attached hydrogen (secondary N) is 1. The van der Waals surface area contributed by atoms with Gasteiger partial charge in [0.15, 0.2) is 0 Å². The first kappa shape index (κ1) is 18.7. The molecular weight excluding hydrogens is 314 g/mol. The van der Waals surface area contributed by atoms with Crippen LogP contribution in [0.2, 0.25) is 0 Å². The lowest BCUT2D eigenvalue weighted by atomic mass is 9.82. The van der Waals surface area contributed by atoms with Gasteiger partial charge in [-0.05, 0) is 63.2 Å². The second-order valence-electron chi connectivity index (χ2n) is 9.20. The molecule has 5 heteroatoms. The zero-order valence-corrected chi connectivity index (χ0v) is 16.2. The number of hydrogen-bond donors (Lipinski definition) is 1. The van der Waals surface area contributed by atoms with Crippen LogP contribution in [0.15, 0.2) is 0 Å². The number of amides is 1. The van der Waals surface area contributed by atoms with Gasteiger partial charge in [0.25, 0.3) is 0 Å². The van der Waals surface area contributed by atoms with Crippen LogP contribution in [0.4, 0.5) is 0 Å². The Labute approximate surface area is 152 Å². The molecule has 6 atom stereocenters. The van der Waals surface area contributed by atoms with Crippen molar-refractivity contribution in [3.63, 3.8) is 0 Å². The molecule has 0 aromatic heterocycles. The molecule has 140 valence electrons. The van der Waals surface area contributed by atoms with Crippen LogP contribution in [-0.4, -0.2) is 48.2 Å². The summed E-state index contributed by atoms with van der Waals surface area (Å²) in [4.78, 5) is 14.4. The summed E-state index contributed by atoms with van der Waals surface area (Å²) in [5, 5.41) is 12.8. The van der Waals surface area contributed by atoms with Crippen molar-refractivity contribution in [2.75, 3.05) is 19.7 Å². The van der Waals surface area contributed by atoms with Gasteiger partial charge in [-0.25, -0.2) is 0 Å². The molecule has 3 rings (SSSR count). The summed E-state index contributed by atoms with van der Waals surface area (Å²) < 4.78 is 5.86. The van der Waals surface area contributed by atoms with Gasteiger partial charge < -0.3 is 15.0 Å². The second kappa shape index (κ2) is 6.89. The third-order valence-corrected chi connectivity index (χ3v) is 6.77. The van der Waals surface area contributed by atoms with Gasteiger partial charge in [-0.3, -0.25) is 4.79 Å². The minimum Gasteiger partial charge on any atom is -0.378 e. The summed E-state index contributed by atoms with van der Waals surface area (Å²) >= 11 is 0. The Balaban J connectivity index is 1.54.